The smallest absolute Gasteiger partial charge is 0.225 e. The molecule has 3 aliphatic rings. The van der Waals surface area contributed by atoms with Crippen molar-refractivity contribution >= 4 is 23.8 Å². The molecule has 11 heteroatoms. The largest absolute Gasteiger partial charge is 0.489 e. The van der Waals surface area contributed by atoms with E-state index in [-0.39, 0.29) is 18.0 Å². The molecule has 0 radical (unpaired) electrons. The number of rotatable bonds is 4. The highest BCUT2D eigenvalue weighted by molar-refractivity contribution is 5.93. The van der Waals surface area contributed by atoms with Gasteiger partial charge in [-0.2, -0.15) is 0 Å². The fourth-order valence-electron chi connectivity index (χ4n) is 3.96. The van der Waals surface area contributed by atoms with Crippen LogP contribution in [0, 0.1) is 17.5 Å². The lowest BCUT2D eigenvalue weighted by Gasteiger charge is -2.19. The van der Waals surface area contributed by atoms with Gasteiger partial charge in [0.15, 0.2) is 17.5 Å². The predicted octanol–water partition coefficient (Wildman–Crippen LogP) is 4.25. The molecule has 0 spiro atoms. The Morgan fingerprint density at radius 1 is 1.14 bits per heavy atom. The van der Waals surface area contributed by atoms with Crippen LogP contribution in [0.4, 0.5) is 24.7 Å². The van der Waals surface area contributed by atoms with Gasteiger partial charge in [0.2, 0.25) is 12.3 Å². The minimum Gasteiger partial charge on any atom is -0.489 e. The first kappa shape index (κ1) is 25.0. The third-order valence-electron chi connectivity index (χ3n) is 5.74. The van der Waals surface area contributed by atoms with E-state index in [0.29, 0.717) is 30.7 Å². The van der Waals surface area contributed by atoms with Crippen LogP contribution in [-0.2, 0) is 16.0 Å². The van der Waals surface area contributed by atoms with Crippen molar-refractivity contribution in [2.45, 2.75) is 31.3 Å². The lowest BCUT2D eigenvalue weighted by molar-refractivity contribution is -0.116. The second-order valence-electron chi connectivity index (χ2n) is 7.97. The van der Waals surface area contributed by atoms with Gasteiger partial charge in [-0.1, -0.05) is 0 Å². The van der Waals surface area contributed by atoms with E-state index in [1.165, 1.54) is 12.6 Å². The Labute approximate surface area is 204 Å². The molecular weight excluding hydrogens is 477 g/mol. The number of nitrogens with one attached hydrogen (secondary N) is 2. The van der Waals surface area contributed by atoms with Crippen LogP contribution in [0.2, 0.25) is 0 Å². The number of pyridine rings is 1. The number of nitrogens with two attached hydrogens (primary N) is 1. The topological polar surface area (TPSA) is 116 Å². The summed E-state index contributed by atoms with van der Waals surface area (Å²) in [5.41, 5.74) is 6.32. The molecule has 4 N–H and O–H groups in total. The number of nitrogens with zero attached hydrogens (tertiary/aromatic N) is 1. The van der Waals surface area contributed by atoms with E-state index in [1.54, 1.807) is 6.20 Å². The number of carbonyl (C=O) groups is 2. The highest BCUT2D eigenvalue weighted by Crippen LogP contribution is 2.54. The molecule has 2 unspecified atom stereocenters. The van der Waals surface area contributed by atoms with Crippen LogP contribution in [0.3, 0.4) is 0 Å². The van der Waals surface area contributed by atoms with Gasteiger partial charge in [-0.3, -0.25) is 9.59 Å². The monoisotopic (exact) mass is 500 g/mol. The van der Waals surface area contributed by atoms with Gasteiger partial charge >= 0.3 is 0 Å². The molecule has 8 nitrogen and oxygen atoms in total. The lowest BCUT2D eigenvalue weighted by Crippen LogP contribution is -2.20. The van der Waals surface area contributed by atoms with Gasteiger partial charge in [0.05, 0.1) is 5.69 Å². The zero-order chi connectivity index (χ0) is 25.8. The Balaban J connectivity index is 0.000000186. The lowest BCUT2D eigenvalue weighted by atomic mass is 10.1. The first-order valence-corrected chi connectivity index (χ1v) is 11.1. The summed E-state index contributed by atoms with van der Waals surface area (Å²) < 4.78 is 49.1. The first-order valence-electron chi connectivity index (χ1n) is 11.1. The highest BCUT2D eigenvalue weighted by atomic mass is 19.2. The molecule has 188 valence electrons. The number of hydrogen-bond acceptors (Lipinski definition) is 6. The van der Waals surface area contributed by atoms with Gasteiger partial charge in [0, 0.05) is 29.7 Å². The Kier molecular flexibility index (Phi) is 7.39. The molecular formula is C25H23F3N4O4. The van der Waals surface area contributed by atoms with Gasteiger partial charge in [-0.15, -0.1) is 0 Å². The third-order valence-corrected chi connectivity index (χ3v) is 5.74. The van der Waals surface area contributed by atoms with Gasteiger partial charge in [-0.25, -0.2) is 18.2 Å². The van der Waals surface area contributed by atoms with Crippen molar-refractivity contribution in [3.05, 3.63) is 71.2 Å². The van der Waals surface area contributed by atoms with E-state index in [4.69, 9.17) is 9.47 Å². The predicted molar refractivity (Wildman–Crippen MR) is 126 cm³/mol. The molecule has 2 aliphatic heterocycles. The zero-order valence-corrected chi connectivity index (χ0v) is 19.2. The van der Waals surface area contributed by atoms with Gasteiger partial charge in [0.25, 0.3) is 0 Å². The number of carbonyl (C=O) groups excluding carboxylic acids is 2. The Bertz CT molecular complexity index is 1300. The Morgan fingerprint density at radius 2 is 1.94 bits per heavy atom. The highest BCUT2D eigenvalue weighted by Gasteiger charge is 2.48. The maximum absolute atomic E-state index is 12.6. The maximum atomic E-state index is 12.6. The van der Waals surface area contributed by atoms with Crippen molar-refractivity contribution in [3.63, 3.8) is 0 Å². The fraction of sp³-hybridized carbons (Fsp3) is 0.240. The number of fused-ring (bicyclic) bond motifs is 4. The summed E-state index contributed by atoms with van der Waals surface area (Å²) in [6, 6.07) is 9.48. The van der Waals surface area contributed by atoms with E-state index < -0.39 is 17.5 Å². The summed E-state index contributed by atoms with van der Waals surface area (Å²) in [6.45, 7) is 0. The summed E-state index contributed by atoms with van der Waals surface area (Å²) in [5, 5.41) is 4.67. The fourth-order valence-corrected chi connectivity index (χ4v) is 3.96. The molecule has 3 heterocycles. The quantitative estimate of drug-likeness (QED) is 0.364. The minimum absolute atomic E-state index is 0.00612. The minimum atomic E-state index is -1.60. The van der Waals surface area contributed by atoms with E-state index in [2.05, 4.69) is 22.1 Å². The standard InChI is InChI=1S/C17H14N2O3.C7H4F3NO.CH5N/c20-16-4-2-10-14(5-6-18-17(10)19-16)21-9-1-3-13-11(7-9)12-8-15(12)22-13;8-4-1-2-5(11-3-12)7(10)6(4)9;1-2/h1,3,5-7,12,15H,2,4,8H2,(H,18,19,20);1-3H,(H,11,12);2H2,1H3. The van der Waals surface area contributed by atoms with Crippen molar-refractivity contribution < 1.29 is 32.2 Å². The van der Waals surface area contributed by atoms with Crippen molar-refractivity contribution in [1.82, 2.24) is 4.98 Å². The average Bonchev–Trinajstić information content (AvgIpc) is 3.57. The molecule has 1 aromatic heterocycles. The van der Waals surface area contributed by atoms with Crippen molar-refractivity contribution in [2.75, 3.05) is 17.7 Å². The summed E-state index contributed by atoms with van der Waals surface area (Å²) in [5.74, 6) is -0.571. The summed E-state index contributed by atoms with van der Waals surface area (Å²) >= 11 is 0. The molecule has 1 fully saturated rings. The van der Waals surface area contributed by atoms with Crippen LogP contribution >= 0.6 is 0 Å². The molecule has 2 amide bonds. The molecule has 3 aromatic rings. The van der Waals surface area contributed by atoms with Crippen molar-refractivity contribution in [3.8, 4) is 17.2 Å². The van der Waals surface area contributed by atoms with Crippen LogP contribution in [0.15, 0.2) is 42.6 Å². The average molecular weight is 500 g/mol. The van der Waals surface area contributed by atoms with Crippen LogP contribution < -0.4 is 25.8 Å². The number of benzene rings is 2. The van der Waals surface area contributed by atoms with Gasteiger partial charge < -0.3 is 25.8 Å². The second-order valence-corrected chi connectivity index (χ2v) is 7.97. The Hall–Kier alpha value is -4.12. The molecule has 2 atom stereocenters. The number of ether oxygens (including phenoxy) is 2. The van der Waals surface area contributed by atoms with Gasteiger partial charge in [-0.05, 0) is 56.3 Å². The van der Waals surface area contributed by atoms with E-state index in [0.717, 1.165) is 41.4 Å². The number of hydrogen-bond donors (Lipinski definition) is 3. The summed E-state index contributed by atoms with van der Waals surface area (Å²) in [6.07, 6.45) is 4.46. The molecule has 0 saturated heterocycles. The second kappa shape index (κ2) is 10.6. The van der Waals surface area contributed by atoms with Crippen LogP contribution in [0.5, 0.6) is 17.2 Å². The normalized spacial score (nSPS) is 17.9. The zero-order valence-electron chi connectivity index (χ0n) is 19.2. The van der Waals surface area contributed by atoms with E-state index >= 15 is 0 Å². The van der Waals surface area contributed by atoms with Crippen molar-refractivity contribution in [2.24, 2.45) is 5.73 Å². The third kappa shape index (κ3) is 5.10. The molecule has 6 rings (SSSR count). The Morgan fingerprint density at radius 3 is 2.72 bits per heavy atom. The van der Waals surface area contributed by atoms with Crippen LogP contribution in [-0.4, -0.2) is 30.5 Å². The number of aromatic nitrogens is 1. The van der Waals surface area contributed by atoms with E-state index in [9.17, 15) is 22.8 Å². The number of halogens is 3. The van der Waals surface area contributed by atoms with Crippen molar-refractivity contribution in [1.29, 1.82) is 0 Å². The molecule has 2 aromatic carbocycles. The maximum Gasteiger partial charge on any atom is 0.225 e. The van der Waals surface area contributed by atoms with Crippen LogP contribution in [0.1, 0.15) is 29.9 Å². The van der Waals surface area contributed by atoms with E-state index in [1.807, 2.05) is 23.5 Å². The summed E-state index contributed by atoms with van der Waals surface area (Å²) in [7, 11) is 1.50. The van der Waals surface area contributed by atoms with Crippen LogP contribution in [0.25, 0.3) is 0 Å². The molecule has 36 heavy (non-hydrogen) atoms. The SMILES string of the molecule is CN.O=C1CCc2c(Oc3ccc4c(c3)C3CC3O4)ccnc2N1.O=CNc1ccc(F)c(F)c1F. The summed E-state index contributed by atoms with van der Waals surface area (Å²) in [4.78, 5) is 25.5. The number of anilines is 2. The van der Waals surface area contributed by atoms with Gasteiger partial charge in [0.1, 0.15) is 29.2 Å². The molecule has 1 aliphatic carbocycles. The molecule has 1 saturated carbocycles. The first-order chi connectivity index (χ1) is 17.4. The molecule has 0 bridgehead atoms. The number of amides is 2.